The van der Waals surface area contributed by atoms with Gasteiger partial charge in [0, 0.05) is 22.6 Å². The Balaban J connectivity index is 1.39. The number of amides is 1. The molecule has 0 aliphatic heterocycles. The summed E-state index contributed by atoms with van der Waals surface area (Å²) in [7, 11) is 0. The van der Waals surface area contributed by atoms with E-state index in [0.717, 1.165) is 23.3 Å². The van der Waals surface area contributed by atoms with Gasteiger partial charge in [0.05, 0.1) is 5.56 Å². The minimum Gasteiger partial charge on any atom is -0.489 e. The number of nitrogens with zero attached hydrogens (tertiary/aromatic N) is 1. The van der Waals surface area contributed by atoms with Crippen molar-refractivity contribution < 1.29 is 37.0 Å². The number of carboxylic acid groups (broad SMARTS) is 1. The van der Waals surface area contributed by atoms with E-state index in [1.165, 1.54) is 23.9 Å². The summed E-state index contributed by atoms with van der Waals surface area (Å²) in [6.07, 6.45) is -4.53. The number of oxazole rings is 1. The van der Waals surface area contributed by atoms with Gasteiger partial charge >= 0.3 is 12.1 Å². The third-order valence-electron chi connectivity index (χ3n) is 6.67. The highest BCUT2D eigenvalue weighted by Crippen LogP contribution is 2.34. The quantitative estimate of drug-likeness (QED) is 0.145. The van der Waals surface area contributed by atoms with Gasteiger partial charge in [0.25, 0.3) is 5.91 Å². The number of nitrogens with one attached hydrogen (secondary N) is 1. The zero-order chi connectivity index (χ0) is 31.8. The van der Waals surface area contributed by atoms with E-state index in [2.05, 4.69) is 10.3 Å². The first-order chi connectivity index (χ1) is 21.7. The Bertz CT molecular complexity index is 1730. The van der Waals surface area contributed by atoms with Crippen LogP contribution in [0.15, 0.2) is 114 Å². The van der Waals surface area contributed by atoms with Crippen LogP contribution < -0.4 is 10.1 Å². The summed E-state index contributed by atoms with van der Waals surface area (Å²) < 4.78 is 51.1. The molecule has 0 saturated heterocycles. The van der Waals surface area contributed by atoms with Crippen molar-refractivity contribution in [2.75, 3.05) is 5.75 Å². The second kappa shape index (κ2) is 14.2. The number of alkyl halides is 3. The molecule has 1 atom stereocenters. The molecule has 5 rings (SSSR count). The molecule has 0 radical (unpaired) electrons. The van der Waals surface area contributed by atoms with Crippen LogP contribution in [-0.4, -0.2) is 33.8 Å². The molecule has 0 saturated carbocycles. The Morgan fingerprint density at radius 2 is 1.44 bits per heavy atom. The molecule has 7 nitrogen and oxygen atoms in total. The number of carboxylic acids is 1. The highest BCUT2D eigenvalue weighted by Gasteiger charge is 2.31. The summed E-state index contributed by atoms with van der Waals surface area (Å²) >= 11 is 1.35. The second-order valence-electron chi connectivity index (χ2n) is 9.94. The summed E-state index contributed by atoms with van der Waals surface area (Å²) in [5.41, 5.74) is 1.57. The van der Waals surface area contributed by atoms with E-state index in [4.69, 9.17) is 9.15 Å². The van der Waals surface area contributed by atoms with Gasteiger partial charge in [0.15, 0.2) is 11.5 Å². The fourth-order valence-electron chi connectivity index (χ4n) is 4.31. The van der Waals surface area contributed by atoms with Crippen molar-refractivity contribution in [3.63, 3.8) is 0 Å². The largest absolute Gasteiger partial charge is 0.489 e. The average Bonchev–Trinajstić information content (AvgIpc) is 3.50. The standard InChI is InChI=1S/C34H27F3N2O5S/c35-34(36,37)26-15-11-25(12-16-26)32-39-29(31(40)38-28(33(41)42)21-45-20-23-9-5-2-6-10-23)30(44-32)24-13-17-27(18-14-24)43-19-22-7-3-1-4-8-22/h1-18,28H,19-21H2,(H,38,40)(H,41,42)/t28-/m0/s1. The van der Waals surface area contributed by atoms with Crippen LogP contribution in [0.2, 0.25) is 0 Å². The lowest BCUT2D eigenvalue weighted by molar-refractivity contribution is -0.139. The van der Waals surface area contributed by atoms with Crippen LogP contribution in [-0.2, 0) is 23.3 Å². The highest BCUT2D eigenvalue weighted by molar-refractivity contribution is 7.98. The summed E-state index contributed by atoms with van der Waals surface area (Å²) in [5, 5.41) is 12.3. The van der Waals surface area contributed by atoms with Gasteiger partial charge in [-0.25, -0.2) is 9.78 Å². The van der Waals surface area contributed by atoms with Gasteiger partial charge in [-0.1, -0.05) is 60.7 Å². The first-order valence-electron chi connectivity index (χ1n) is 13.8. The van der Waals surface area contributed by atoms with Gasteiger partial charge in [0.2, 0.25) is 5.89 Å². The minimum absolute atomic E-state index is 0.0260. The topological polar surface area (TPSA) is 102 Å². The van der Waals surface area contributed by atoms with Gasteiger partial charge in [-0.15, -0.1) is 0 Å². The number of carbonyl (C=O) groups excluding carboxylic acids is 1. The molecule has 230 valence electrons. The summed E-state index contributed by atoms with van der Waals surface area (Å²) in [5.74, 6) is -0.913. The number of aliphatic carboxylic acids is 1. The molecule has 5 aromatic rings. The number of carbonyl (C=O) groups is 2. The van der Waals surface area contributed by atoms with E-state index >= 15 is 0 Å². The molecule has 0 fully saturated rings. The molecule has 4 aromatic carbocycles. The average molecular weight is 633 g/mol. The van der Waals surface area contributed by atoms with E-state index in [1.54, 1.807) is 24.3 Å². The Labute approximate surface area is 261 Å². The number of hydrogen-bond acceptors (Lipinski definition) is 6. The van der Waals surface area contributed by atoms with Gasteiger partial charge in [-0.05, 0) is 59.7 Å². The van der Waals surface area contributed by atoms with Crippen LogP contribution in [0, 0.1) is 0 Å². The molecule has 0 aliphatic carbocycles. The lowest BCUT2D eigenvalue weighted by Crippen LogP contribution is -2.42. The van der Waals surface area contributed by atoms with E-state index in [-0.39, 0.29) is 28.7 Å². The third-order valence-corrected chi connectivity index (χ3v) is 7.77. The monoisotopic (exact) mass is 632 g/mol. The molecule has 2 N–H and O–H groups in total. The van der Waals surface area contributed by atoms with Crippen LogP contribution in [0.1, 0.15) is 27.2 Å². The number of benzene rings is 4. The number of ether oxygens (including phenoxy) is 1. The molecule has 1 amide bonds. The smallest absolute Gasteiger partial charge is 0.416 e. The predicted octanol–water partition coefficient (Wildman–Crippen LogP) is 7.72. The molecular formula is C34H27F3N2O5S. The fourth-order valence-corrected chi connectivity index (χ4v) is 5.32. The fraction of sp³-hybridized carbons (Fsp3) is 0.147. The first-order valence-corrected chi connectivity index (χ1v) is 14.9. The van der Waals surface area contributed by atoms with E-state index < -0.39 is 29.7 Å². The molecule has 1 heterocycles. The van der Waals surface area contributed by atoms with Crippen molar-refractivity contribution in [2.45, 2.75) is 24.6 Å². The van der Waals surface area contributed by atoms with E-state index in [9.17, 15) is 27.9 Å². The lowest BCUT2D eigenvalue weighted by Gasteiger charge is -2.14. The molecule has 45 heavy (non-hydrogen) atoms. The predicted molar refractivity (Wildman–Crippen MR) is 165 cm³/mol. The third kappa shape index (κ3) is 8.33. The maximum atomic E-state index is 13.5. The van der Waals surface area contributed by atoms with Crippen molar-refractivity contribution in [2.24, 2.45) is 0 Å². The SMILES string of the molecule is O=C(N[C@@H](CSCc1ccccc1)C(=O)O)c1nc(-c2ccc(C(F)(F)F)cc2)oc1-c1ccc(OCc2ccccc2)cc1. The van der Waals surface area contributed by atoms with Crippen molar-refractivity contribution in [1.29, 1.82) is 0 Å². The second-order valence-corrected chi connectivity index (χ2v) is 11.0. The van der Waals surface area contributed by atoms with Gasteiger partial charge in [-0.2, -0.15) is 24.9 Å². The Morgan fingerprint density at radius 1 is 0.844 bits per heavy atom. The number of hydrogen-bond donors (Lipinski definition) is 2. The van der Waals surface area contributed by atoms with Crippen molar-refractivity contribution in [3.05, 3.63) is 132 Å². The van der Waals surface area contributed by atoms with Crippen LogP contribution >= 0.6 is 11.8 Å². The Morgan fingerprint density at radius 3 is 2.04 bits per heavy atom. The maximum absolute atomic E-state index is 13.5. The van der Waals surface area contributed by atoms with Crippen LogP contribution in [0.25, 0.3) is 22.8 Å². The van der Waals surface area contributed by atoms with Crippen molar-refractivity contribution in [3.8, 4) is 28.5 Å². The molecule has 0 aliphatic rings. The van der Waals surface area contributed by atoms with Crippen molar-refractivity contribution in [1.82, 2.24) is 10.3 Å². The number of aromatic nitrogens is 1. The zero-order valence-corrected chi connectivity index (χ0v) is 24.5. The molecule has 1 aromatic heterocycles. The molecule has 0 bridgehead atoms. The number of rotatable bonds is 12. The van der Waals surface area contributed by atoms with Gasteiger partial charge in [-0.3, -0.25) is 4.79 Å². The van der Waals surface area contributed by atoms with E-state index in [1.807, 2.05) is 60.7 Å². The number of halogens is 3. The van der Waals surface area contributed by atoms with Crippen LogP contribution in [0.3, 0.4) is 0 Å². The molecular weight excluding hydrogens is 605 g/mol. The Hall–Kier alpha value is -5.03. The van der Waals surface area contributed by atoms with Crippen LogP contribution in [0.4, 0.5) is 13.2 Å². The van der Waals surface area contributed by atoms with Crippen molar-refractivity contribution >= 4 is 23.6 Å². The Kier molecular flexibility index (Phi) is 9.89. The first kappa shape index (κ1) is 31.4. The zero-order valence-electron chi connectivity index (χ0n) is 23.7. The summed E-state index contributed by atoms with van der Waals surface area (Å²) in [4.78, 5) is 29.8. The minimum atomic E-state index is -4.53. The number of thioether (sulfide) groups is 1. The molecule has 0 unspecified atom stereocenters. The van der Waals surface area contributed by atoms with Gasteiger partial charge < -0.3 is 19.6 Å². The van der Waals surface area contributed by atoms with Gasteiger partial charge in [0.1, 0.15) is 18.4 Å². The maximum Gasteiger partial charge on any atom is 0.416 e. The van der Waals surface area contributed by atoms with E-state index in [0.29, 0.717) is 23.7 Å². The lowest BCUT2D eigenvalue weighted by atomic mass is 10.1. The highest BCUT2D eigenvalue weighted by atomic mass is 32.2. The molecule has 0 spiro atoms. The normalized spacial score (nSPS) is 12.0. The van der Waals surface area contributed by atoms with Crippen LogP contribution in [0.5, 0.6) is 5.75 Å². The molecule has 11 heteroatoms. The summed E-state index contributed by atoms with van der Waals surface area (Å²) in [6, 6.07) is 28.7. The summed E-state index contributed by atoms with van der Waals surface area (Å²) in [6.45, 7) is 0.340.